The smallest absolute Gasteiger partial charge is 0.239 e. The van der Waals surface area contributed by atoms with Gasteiger partial charge in [0.15, 0.2) is 0 Å². The van der Waals surface area contributed by atoms with Gasteiger partial charge in [-0.15, -0.1) is 11.3 Å². The summed E-state index contributed by atoms with van der Waals surface area (Å²) in [7, 11) is 1.79. The lowest BCUT2D eigenvalue weighted by Gasteiger charge is -2.21. The van der Waals surface area contributed by atoms with Gasteiger partial charge in [0.05, 0.1) is 22.8 Å². The molecule has 0 unspecified atom stereocenters. The molecule has 2 N–H and O–H groups in total. The van der Waals surface area contributed by atoms with Crippen LogP contribution in [0.15, 0.2) is 24.3 Å². The van der Waals surface area contributed by atoms with E-state index in [0.717, 1.165) is 15.2 Å². The third kappa shape index (κ3) is 3.55. The van der Waals surface area contributed by atoms with E-state index in [1.54, 1.807) is 23.3 Å². The molecule has 0 saturated heterocycles. The summed E-state index contributed by atoms with van der Waals surface area (Å²) in [6.07, 6.45) is 0.711. The number of benzene rings is 1. The second kappa shape index (κ2) is 6.33. The highest BCUT2D eigenvalue weighted by Gasteiger charge is 2.20. The second-order valence-corrected chi connectivity index (χ2v) is 6.62. The Morgan fingerprint density at radius 2 is 2.10 bits per heavy atom. The van der Waals surface area contributed by atoms with Crippen molar-refractivity contribution in [2.24, 2.45) is 11.7 Å². The van der Waals surface area contributed by atoms with Gasteiger partial charge in [0.25, 0.3) is 0 Å². The van der Waals surface area contributed by atoms with Crippen LogP contribution in [0.25, 0.3) is 10.2 Å². The lowest BCUT2D eigenvalue weighted by atomic mass is 10.0. The van der Waals surface area contributed by atoms with Crippen molar-refractivity contribution in [1.82, 2.24) is 9.88 Å². The zero-order valence-electron chi connectivity index (χ0n) is 12.2. The van der Waals surface area contributed by atoms with Gasteiger partial charge < -0.3 is 10.6 Å². The number of aromatic nitrogens is 1. The molecule has 1 atom stereocenters. The van der Waals surface area contributed by atoms with E-state index in [-0.39, 0.29) is 5.91 Å². The molecule has 1 aromatic carbocycles. The Morgan fingerprint density at radius 3 is 2.75 bits per heavy atom. The maximum atomic E-state index is 12.2. The number of nitrogens with two attached hydrogens (primary N) is 1. The molecule has 2 rings (SSSR count). The zero-order valence-corrected chi connectivity index (χ0v) is 13.0. The molecular weight excluding hydrogens is 270 g/mol. The first-order valence-corrected chi connectivity index (χ1v) is 7.64. The molecule has 2 aromatic rings. The van der Waals surface area contributed by atoms with Crippen molar-refractivity contribution >= 4 is 27.5 Å². The second-order valence-electron chi connectivity index (χ2n) is 5.51. The molecule has 1 aromatic heterocycles. The highest BCUT2D eigenvalue weighted by molar-refractivity contribution is 7.18. The highest BCUT2D eigenvalue weighted by Crippen LogP contribution is 2.22. The van der Waals surface area contributed by atoms with E-state index >= 15 is 0 Å². The summed E-state index contributed by atoms with van der Waals surface area (Å²) in [6, 6.07) is 7.58. The Morgan fingerprint density at radius 1 is 1.40 bits per heavy atom. The molecule has 0 fully saturated rings. The third-order valence-corrected chi connectivity index (χ3v) is 4.15. The predicted molar refractivity (Wildman–Crippen MR) is 83.5 cm³/mol. The van der Waals surface area contributed by atoms with Crippen molar-refractivity contribution in [3.05, 3.63) is 29.3 Å². The standard InChI is InChI=1S/C15H21N3OS/c1-10(2)8-11(16)15(19)18(3)9-14-17-12-6-4-5-7-13(12)20-14/h4-7,10-11H,8-9,16H2,1-3H3/t11-/m0/s1. The molecular formula is C15H21N3OS. The molecule has 20 heavy (non-hydrogen) atoms. The fourth-order valence-electron chi connectivity index (χ4n) is 2.16. The number of likely N-dealkylation sites (N-methyl/N-ethyl adjacent to an activating group) is 1. The van der Waals surface area contributed by atoms with Crippen LogP contribution in [0.5, 0.6) is 0 Å². The van der Waals surface area contributed by atoms with Gasteiger partial charge in [0.1, 0.15) is 5.01 Å². The van der Waals surface area contributed by atoms with E-state index in [1.807, 2.05) is 24.3 Å². The monoisotopic (exact) mass is 291 g/mol. The average molecular weight is 291 g/mol. The van der Waals surface area contributed by atoms with Gasteiger partial charge in [-0.2, -0.15) is 0 Å². The van der Waals surface area contributed by atoms with E-state index in [4.69, 9.17) is 5.73 Å². The molecule has 108 valence electrons. The number of fused-ring (bicyclic) bond motifs is 1. The van der Waals surface area contributed by atoms with Gasteiger partial charge in [0.2, 0.25) is 5.91 Å². The normalized spacial score (nSPS) is 12.8. The van der Waals surface area contributed by atoms with Crippen molar-refractivity contribution in [2.45, 2.75) is 32.9 Å². The molecule has 1 amide bonds. The third-order valence-electron chi connectivity index (χ3n) is 3.13. The van der Waals surface area contributed by atoms with Gasteiger partial charge in [-0.3, -0.25) is 4.79 Å². The van der Waals surface area contributed by atoms with E-state index in [2.05, 4.69) is 18.8 Å². The Kier molecular flexibility index (Phi) is 4.73. The molecule has 0 aliphatic heterocycles. The molecule has 5 heteroatoms. The number of carbonyl (C=O) groups is 1. The Balaban J connectivity index is 2.03. The molecule has 1 heterocycles. The quantitative estimate of drug-likeness (QED) is 0.921. The Hall–Kier alpha value is -1.46. The molecule has 0 spiro atoms. The van der Waals surface area contributed by atoms with Crippen LogP contribution in [0.3, 0.4) is 0 Å². The van der Waals surface area contributed by atoms with Crippen molar-refractivity contribution in [3.8, 4) is 0 Å². The van der Waals surface area contributed by atoms with Crippen LogP contribution in [-0.2, 0) is 11.3 Å². The van der Waals surface area contributed by atoms with Crippen LogP contribution in [0.2, 0.25) is 0 Å². The number of hydrogen-bond donors (Lipinski definition) is 1. The average Bonchev–Trinajstić information content (AvgIpc) is 2.78. The number of thiazole rings is 1. The first-order valence-electron chi connectivity index (χ1n) is 6.82. The molecule has 0 bridgehead atoms. The maximum Gasteiger partial charge on any atom is 0.239 e. The fourth-order valence-corrected chi connectivity index (χ4v) is 3.18. The first-order chi connectivity index (χ1) is 9.47. The topological polar surface area (TPSA) is 59.2 Å². The molecule has 0 radical (unpaired) electrons. The number of para-hydroxylation sites is 1. The van der Waals surface area contributed by atoms with Crippen LogP contribution in [-0.4, -0.2) is 28.9 Å². The van der Waals surface area contributed by atoms with Gasteiger partial charge in [-0.1, -0.05) is 26.0 Å². The summed E-state index contributed by atoms with van der Waals surface area (Å²) in [5, 5.41) is 0.943. The van der Waals surface area contributed by atoms with Crippen molar-refractivity contribution < 1.29 is 4.79 Å². The number of carbonyl (C=O) groups excluding carboxylic acids is 1. The minimum atomic E-state index is -0.422. The Labute approximate surface area is 123 Å². The van der Waals surface area contributed by atoms with Crippen LogP contribution in [0.4, 0.5) is 0 Å². The van der Waals surface area contributed by atoms with E-state index in [0.29, 0.717) is 18.9 Å². The van der Waals surface area contributed by atoms with Crippen LogP contribution in [0.1, 0.15) is 25.3 Å². The largest absolute Gasteiger partial charge is 0.338 e. The SMILES string of the molecule is CC(C)C[C@H](N)C(=O)N(C)Cc1nc2ccccc2s1. The summed E-state index contributed by atoms with van der Waals surface area (Å²) < 4.78 is 1.15. The summed E-state index contributed by atoms with van der Waals surface area (Å²) in [5.41, 5.74) is 6.93. The lowest BCUT2D eigenvalue weighted by Crippen LogP contribution is -2.42. The molecule has 0 saturated carbocycles. The molecule has 0 aliphatic carbocycles. The number of rotatable bonds is 5. The van der Waals surface area contributed by atoms with Crippen molar-refractivity contribution in [2.75, 3.05) is 7.05 Å². The zero-order chi connectivity index (χ0) is 14.7. The highest BCUT2D eigenvalue weighted by atomic mass is 32.1. The first kappa shape index (κ1) is 14.9. The summed E-state index contributed by atoms with van der Waals surface area (Å²) >= 11 is 1.62. The Bertz CT molecular complexity index is 561. The number of nitrogens with zero attached hydrogens (tertiary/aromatic N) is 2. The predicted octanol–water partition coefficient (Wildman–Crippen LogP) is 2.63. The van der Waals surface area contributed by atoms with Crippen LogP contribution >= 0.6 is 11.3 Å². The lowest BCUT2D eigenvalue weighted by molar-refractivity contribution is -0.132. The summed E-state index contributed by atoms with van der Waals surface area (Å²) in [5.74, 6) is 0.405. The van der Waals surface area contributed by atoms with Gasteiger partial charge in [-0.25, -0.2) is 4.98 Å². The number of amides is 1. The maximum absolute atomic E-state index is 12.2. The van der Waals surface area contributed by atoms with Crippen molar-refractivity contribution in [3.63, 3.8) is 0 Å². The fraction of sp³-hybridized carbons (Fsp3) is 0.467. The van der Waals surface area contributed by atoms with Crippen LogP contribution < -0.4 is 5.73 Å². The van der Waals surface area contributed by atoms with E-state index in [1.165, 1.54) is 0 Å². The summed E-state index contributed by atoms with van der Waals surface area (Å²) in [6.45, 7) is 4.66. The minimum absolute atomic E-state index is 0.0158. The van der Waals surface area contributed by atoms with Crippen LogP contribution in [0, 0.1) is 5.92 Å². The van der Waals surface area contributed by atoms with Crippen molar-refractivity contribution in [1.29, 1.82) is 0 Å². The minimum Gasteiger partial charge on any atom is -0.338 e. The molecule has 0 aliphatic rings. The van der Waals surface area contributed by atoms with Gasteiger partial charge in [-0.05, 0) is 24.5 Å². The van der Waals surface area contributed by atoms with E-state index < -0.39 is 6.04 Å². The van der Waals surface area contributed by atoms with Gasteiger partial charge in [0, 0.05) is 7.05 Å². The van der Waals surface area contributed by atoms with Gasteiger partial charge >= 0.3 is 0 Å². The molecule has 4 nitrogen and oxygen atoms in total. The van der Waals surface area contributed by atoms with E-state index in [9.17, 15) is 4.79 Å². The summed E-state index contributed by atoms with van der Waals surface area (Å²) in [4.78, 5) is 18.4. The number of hydrogen-bond acceptors (Lipinski definition) is 4.